The van der Waals surface area contributed by atoms with Crippen molar-refractivity contribution < 1.29 is 14.3 Å². The van der Waals surface area contributed by atoms with Gasteiger partial charge in [0.2, 0.25) is 5.91 Å². The van der Waals surface area contributed by atoms with Crippen LogP contribution in [0.3, 0.4) is 0 Å². The Morgan fingerprint density at radius 1 is 1.03 bits per heavy atom. The monoisotopic (exact) mass is 517 g/mol. The highest BCUT2D eigenvalue weighted by Crippen LogP contribution is 2.44. The Bertz CT molecular complexity index is 1060. The standard InChI is InChI=1S/C24H21BrClNO3S/c1-2-29-22-13-17(5-12-21(22)30-14-16-3-6-18(25)7-4-16)24-27(23(28)15-31-24)20-10-8-19(26)9-11-20/h3-13,24H,2,14-15H2,1H3/t24-/m0/s1. The highest BCUT2D eigenvalue weighted by Gasteiger charge is 2.34. The van der Waals surface area contributed by atoms with Crippen LogP contribution in [0.25, 0.3) is 0 Å². The average Bonchev–Trinajstić information content (AvgIpc) is 3.16. The second kappa shape index (κ2) is 9.98. The van der Waals surface area contributed by atoms with Crippen LogP contribution in [0.5, 0.6) is 11.5 Å². The van der Waals surface area contributed by atoms with E-state index in [4.69, 9.17) is 21.1 Å². The van der Waals surface area contributed by atoms with E-state index in [2.05, 4.69) is 15.9 Å². The number of carbonyl (C=O) groups excluding carboxylic acids is 1. The van der Waals surface area contributed by atoms with Gasteiger partial charge in [-0.05, 0) is 66.6 Å². The molecule has 0 N–H and O–H groups in total. The van der Waals surface area contributed by atoms with Crippen LogP contribution in [0.2, 0.25) is 5.02 Å². The zero-order chi connectivity index (χ0) is 21.8. The maximum absolute atomic E-state index is 12.6. The van der Waals surface area contributed by atoms with Gasteiger partial charge in [0.25, 0.3) is 0 Å². The second-order valence-corrected chi connectivity index (χ2v) is 9.38. The predicted molar refractivity (Wildman–Crippen MR) is 130 cm³/mol. The molecule has 0 unspecified atom stereocenters. The lowest BCUT2D eigenvalue weighted by Crippen LogP contribution is -2.27. The van der Waals surface area contributed by atoms with Crippen LogP contribution in [0.4, 0.5) is 5.69 Å². The van der Waals surface area contributed by atoms with Crippen LogP contribution in [-0.4, -0.2) is 18.3 Å². The Kier molecular flexibility index (Phi) is 7.10. The first-order valence-corrected chi connectivity index (χ1v) is 12.1. The Morgan fingerprint density at radius 2 is 1.77 bits per heavy atom. The molecule has 4 nitrogen and oxygen atoms in total. The molecule has 160 valence electrons. The van der Waals surface area contributed by atoms with Crippen molar-refractivity contribution in [2.45, 2.75) is 18.9 Å². The SMILES string of the molecule is CCOc1cc([C@@H]2SCC(=O)N2c2ccc(Cl)cc2)ccc1OCc1ccc(Br)cc1. The number of amides is 1. The molecule has 0 bridgehead atoms. The first-order chi connectivity index (χ1) is 15.0. The number of carbonyl (C=O) groups is 1. The molecule has 1 fully saturated rings. The van der Waals surface area contributed by atoms with E-state index in [-0.39, 0.29) is 11.3 Å². The van der Waals surface area contributed by atoms with Crippen molar-refractivity contribution in [3.05, 3.63) is 87.4 Å². The third-order valence-electron chi connectivity index (χ3n) is 4.83. The van der Waals surface area contributed by atoms with Gasteiger partial charge in [0.05, 0.1) is 12.4 Å². The summed E-state index contributed by atoms with van der Waals surface area (Å²) in [4.78, 5) is 14.4. The van der Waals surface area contributed by atoms with Crippen LogP contribution in [0.1, 0.15) is 23.4 Å². The number of ether oxygens (including phenoxy) is 2. The van der Waals surface area contributed by atoms with Gasteiger partial charge in [0.15, 0.2) is 11.5 Å². The van der Waals surface area contributed by atoms with Crippen molar-refractivity contribution in [2.24, 2.45) is 0 Å². The molecule has 0 aromatic heterocycles. The van der Waals surface area contributed by atoms with E-state index in [0.717, 1.165) is 21.3 Å². The van der Waals surface area contributed by atoms with Gasteiger partial charge in [-0.1, -0.05) is 45.7 Å². The molecule has 0 saturated carbocycles. The van der Waals surface area contributed by atoms with Gasteiger partial charge in [-0.15, -0.1) is 11.8 Å². The van der Waals surface area contributed by atoms with E-state index < -0.39 is 0 Å². The lowest BCUT2D eigenvalue weighted by molar-refractivity contribution is -0.115. The lowest BCUT2D eigenvalue weighted by Gasteiger charge is -2.25. The molecule has 0 spiro atoms. The molecule has 3 aromatic carbocycles. The van der Waals surface area contributed by atoms with E-state index in [9.17, 15) is 4.79 Å². The average molecular weight is 519 g/mol. The molecule has 1 amide bonds. The van der Waals surface area contributed by atoms with Crippen molar-refractivity contribution in [3.8, 4) is 11.5 Å². The molecule has 1 atom stereocenters. The van der Waals surface area contributed by atoms with Crippen LogP contribution in [-0.2, 0) is 11.4 Å². The summed E-state index contributed by atoms with van der Waals surface area (Å²) in [7, 11) is 0. The summed E-state index contributed by atoms with van der Waals surface area (Å²) in [5.74, 6) is 1.86. The summed E-state index contributed by atoms with van der Waals surface area (Å²) in [6, 6.07) is 21.3. The summed E-state index contributed by atoms with van der Waals surface area (Å²) in [6.07, 6.45) is 0. The van der Waals surface area contributed by atoms with E-state index >= 15 is 0 Å². The third kappa shape index (κ3) is 5.20. The number of thioether (sulfide) groups is 1. The Morgan fingerprint density at radius 3 is 2.48 bits per heavy atom. The second-order valence-electron chi connectivity index (χ2n) is 6.96. The van der Waals surface area contributed by atoms with Crippen molar-refractivity contribution >= 4 is 50.9 Å². The molecular weight excluding hydrogens is 498 g/mol. The van der Waals surface area contributed by atoms with Gasteiger partial charge >= 0.3 is 0 Å². The first kappa shape index (κ1) is 22.1. The Labute approximate surface area is 199 Å². The van der Waals surface area contributed by atoms with E-state index in [1.165, 1.54) is 0 Å². The highest BCUT2D eigenvalue weighted by molar-refractivity contribution is 9.10. The largest absolute Gasteiger partial charge is 0.490 e. The van der Waals surface area contributed by atoms with Gasteiger partial charge in [-0.25, -0.2) is 0 Å². The van der Waals surface area contributed by atoms with Gasteiger partial charge in [-0.3, -0.25) is 9.69 Å². The fourth-order valence-corrected chi connectivity index (χ4v) is 4.92. The number of rotatable bonds is 7. The number of benzene rings is 3. The third-order valence-corrected chi connectivity index (χ3v) is 6.83. The molecule has 1 heterocycles. The summed E-state index contributed by atoms with van der Waals surface area (Å²) in [5.41, 5.74) is 2.89. The smallest absolute Gasteiger partial charge is 0.238 e. The quantitative estimate of drug-likeness (QED) is 0.342. The normalized spacial score (nSPS) is 15.9. The molecule has 4 rings (SSSR count). The van der Waals surface area contributed by atoms with E-state index in [1.54, 1.807) is 23.9 Å². The van der Waals surface area contributed by atoms with Crippen LogP contribution in [0.15, 0.2) is 71.2 Å². The number of hydrogen-bond acceptors (Lipinski definition) is 4. The minimum Gasteiger partial charge on any atom is -0.490 e. The molecule has 0 aliphatic carbocycles. The number of anilines is 1. The minimum absolute atomic E-state index is 0.0749. The summed E-state index contributed by atoms with van der Waals surface area (Å²) < 4.78 is 12.9. The Hall–Kier alpha value is -2.15. The van der Waals surface area contributed by atoms with Crippen molar-refractivity contribution in [3.63, 3.8) is 0 Å². The maximum atomic E-state index is 12.6. The zero-order valence-corrected chi connectivity index (χ0v) is 20.0. The van der Waals surface area contributed by atoms with Gasteiger partial charge in [0.1, 0.15) is 12.0 Å². The highest BCUT2D eigenvalue weighted by atomic mass is 79.9. The molecule has 3 aromatic rings. The van der Waals surface area contributed by atoms with E-state index in [1.807, 2.05) is 66.4 Å². The van der Waals surface area contributed by atoms with Crippen LogP contribution >= 0.6 is 39.3 Å². The molecule has 0 radical (unpaired) electrons. The Balaban J connectivity index is 1.58. The maximum Gasteiger partial charge on any atom is 0.238 e. The van der Waals surface area contributed by atoms with Gasteiger partial charge in [0, 0.05) is 15.2 Å². The molecule has 1 aliphatic rings. The minimum atomic E-state index is -0.131. The predicted octanol–water partition coefficient (Wildman–Crippen LogP) is 6.86. The number of nitrogens with zero attached hydrogens (tertiary/aromatic N) is 1. The summed E-state index contributed by atoms with van der Waals surface area (Å²) in [5, 5.41) is 0.513. The van der Waals surface area contributed by atoms with Crippen molar-refractivity contribution in [1.29, 1.82) is 0 Å². The number of halogens is 2. The summed E-state index contributed by atoms with van der Waals surface area (Å²) in [6.45, 7) is 2.91. The molecule has 31 heavy (non-hydrogen) atoms. The first-order valence-electron chi connectivity index (χ1n) is 9.88. The molecule has 7 heteroatoms. The number of hydrogen-bond donors (Lipinski definition) is 0. The zero-order valence-electron chi connectivity index (χ0n) is 16.9. The van der Waals surface area contributed by atoms with Crippen molar-refractivity contribution in [1.82, 2.24) is 0 Å². The summed E-state index contributed by atoms with van der Waals surface area (Å²) >= 11 is 11.1. The fraction of sp³-hybridized carbons (Fsp3) is 0.208. The molecule has 1 aliphatic heterocycles. The molecular formula is C24H21BrClNO3S. The fourth-order valence-electron chi connectivity index (χ4n) is 3.36. The van der Waals surface area contributed by atoms with Crippen molar-refractivity contribution in [2.75, 3.05) is 17.3 Å². The lowest BCUT2D eigenvalue weighted by atomic mass is 10.1. The van der Waals surface area contributed by atoms with Gasteiger partial charge < -0.3 is 9.47 Å². The van der Waals surface area contributed by atoms with Crippen LogP contribution < -0.4 is 14.4 Å². The van der Waals surface area contributed by atoms with Crippen LogP contribution in [0, 0.1) is 0 Å². The molecule has 1 saturated heterocycles. The van der Waals surface area contributed by atoms with E-state index in [0.29, 0.717) is 35.5 Å². The van der Waals surface area contributed by atoms with Gasteiger partial charge in [-0.2, -0.15) is 0 Å². The topological polar surface area (TPSA) is 38.8 Å².